The first-order chi connectivity index (χ1) is 9.36. The van der Waals surface area contributed by atoms with Gasteiger partial charge in [0.15, 0.2) is 11.6 Å². The summed E-state index contributed by atoms with van der Waals surface area (Å²) in [7, 11) is 0. The van der Waals surface area contributed by atoms with Crippen LogP contribution in [-0.4, -0.2) is 39.6 Å². The van der Waals surface area contributed by atoms with Crippen molar-refractivity contribution in [2.24, 2.45) is 0 Å². The minimum atomic E-state index is 0.0127. The highest BCUT2D eigenvalue weighted by Crippen LogP contribution is 2.01. The van der Waals surface area contributed by atoms with Crippen LogP contribution in [0.5, 0.6) is 0 Å². The number of Topliss-reactive ketones (excluding diaryl/α,β-unsaturated/α-hetero) is 1. The number of nitrogens with one attached hydrogen (secondary N) is 1. The Labute approximate surface area is 111 Å². The molecule has 2 rings (SSSR count). The molecule has 1 aromatic carbocycles. The second-order valence-electron chi connectivity index (χ2n) is 4.13. The molecule has 0 bridgehead atoms. The van der Waals surface area contributed by atoms with Gasteiger partial charge >= 0.3 is 0 Å². The normalized spacial score (nSPS) is 10.5. The zero-order valence-corrected chi connectivity index (χ0v) is 10.6. The van der Waals surface area contributed by atoms with Crippen LogP contribution in [0, 0.1) is 0 Å². The maximum Gasteiger partial charge on any atom is 0.188 e. The standard InChI is InChI=1S/C13H16N4O2/c18-12(11-6-2-1-3-7-11)10-19-9-5-4-8-13-14-16-17-15-13/h1-3,6-7H,4-5,8-10H2,(H,14,15,16,17). The number of carbonyl (C=O) groups excluding carboxylic acids is 1. The maximum absolute atomic E-state index is 11.7. The molecule has 100 valence electrons. The summed E-state index contributed by atoms with van der Waals surface area (Å²) in [5.41, 5.74) is 0.689. The molecule has 1 heterocycles. The molecule has 6 nitrogen and oxygen atoms in total. The highest BCUT2D eigenvalue weighted by molar-refractivity contribution is 5.96. The summed E-state index contributed by atoms with van der Waals surface area (Å²) >= 11 is 0. The van der Waals surface area contributed by atoms with Crippen molar-refractivity contribution in [2.45, 2.75) is 19.3 Å². The fourth-order valence-electron chi connectivity index (χ4n) is 1.65. The number of aryl methyl sites for hydroxylation is 1. The Kier molecular flexibility index (Phi) is 5.18. The first-order valence-electron chi connectivity index (χ1n) is 6.24. The van der Waals surface area contributed by atoms with Gasteiger partial charge in [0.05, 0.1) is 0 Å². The molecule has 0 atom stereocenters. The molecule has 2 aromatic rings. The smallest absolute Gasteiger partial charge is 0.188 e. The summed E-state index contributed by atoms with van der Waals surface area (Å²) in [6.45, 7) is 0.697. The van der Waals surface area contributed by atoms with Gasteiger partial charge in [-0.2, -0.15) is 5.21 Å². The van der Waals surface area contributed by atoms with E-state index in [0.29, 0.717) is 18.0 Å². The highest BCUT2D eigenvalue weighted by Gasteiger charge is 2.04. The summed E-state index contributed by atoms with van der Waals surface area (Å²) < 4.78 is 5.36. The predicted octanol–water partition coefficient (Wildman–Crippen LogP) is 1.42. The van der Waals surface area contributed by atoms with Gasteiger partial charge in [0, 0.05) is 18.6 Å². The molecular formula is C13H16N4O2. The Morgan fingerprint density at radius 1 is 1.21 bits per heavy atom. The molecule has 0 spiro atoms. The third kappa shape index (κ3) is 4.59. The minimum Gasteiger partial charge on any atom is -0.373 e. The van der Waals surface area contributed by atoms with E-state index in [0.717, 1.165) is 19.3 Å². The number of unbranched alkanes of at least 4 members (excludes halogenated alkanes) is 1. The first kappa shape index (κ1) is 13.4. The van der Waals surface area contributed by atoms with Crippen LogP contribution in [0.2, 0.25) is 0 Å². The number of nitrogens with zero attached hydrogens (tertiary/aromatic N) is 3. The number of aromatic amines is 1. The molecule has 0 aliphatic carbocycles. The molecule has 0 saturated carbocycles. The molecule has 0 radical (unpaired) electrons. The molecule has 0 amide bonds. The third-order valence-electron chi connectivity index (χ3n) is 2.66. The fraction of sp³-hybridized carbons (Fsp3) is 0.385. The Morgan fingerprint density at radius 3 is 2.79 bits per heavy atom. The van der Waals surface area contributed by atoms with Crippen molar-refractivity contribution in [1.82, 2.24) is 20.6 Å². The van der Waals surface area contributed by atoms with E-state index in [9.17, 15) is 4.79 Å². The van der Waals surface area contributed by atoms with Gasteiger partial charge in [0.2, 0.25) is 0 Å². The Balaban J connectivity index is 1.56. The highest BCUT2D eigenvalue weighted by atomic mass is 16.5. The van der Waals surface area contributed by atoms with E-state index in [1.807, 2.05) is 18.2 Å². The fourth-order valence-corrected chi connectivity index (χ4v) is 1.65. The van der Waals surface area contributed by atoms with E-state index in [2.05, 4.69) is 20.6 Å². The first-order valence-corrected chi connectivity index (χ1v) is 6.24. The number of hydrogen-bond donors (Lipinski definition) is 1. The third-order valence-corrected chi connectivity index (χ3v) is 2.66. The number of rotatable bonds is 8. The number of benzene rings is 1. The number of H-pyrrole nitrogens is 1. The predicted molar refractivity (Wildman–Crippen MR) is 68.7 cm³/mol. The molecule has 0 fully saturated rings. The molecule has 19 heavy (non-hydrogen) atoms. The number of hydrogen-bond acceptors (Lipinski definition) is 5. The minimum absolute atomic E-state index is 0.0127. The van der Waals surface area contributed by atoms with Crippen molar-refractivity contribution in [3.63, 3.8) is 0 Å². The number of ketones is 1. The molecule has 6 heteroatoms. The van der Waals surface area contributed by atoms with Crippen LogP contribution in [-0.2, 0) is 11.2 Å². The molecule has 0 aliphatic rings. The van der Waals surface area contributed by atoms with Gasteiger partial charge in [-0.15, -0.1) is 10.2 Å². The molecule has 0 aliphatic heterocycles. The largest absolute Gasteiger partial charge is 0.373 e. The summed E-state index contributed by atoms with van der Waals surface area (Å²) in [6.07, 6.45) is 2.56. The van der Waals surface area contributed by atoms with Crippen LogP contribution in [0.25, 0.3) is 0 Å². The lowest BCUT2D eigenvalue weighted by molar-refractivity contribution is 0.0753. The molecule has 1 N–H and O–H groups in total. The molecule has 1 aromatic heterocycles. The van der Waals surface area contributed by atoms with Crippen LogP contribution < -0.4 is 0 Å². The number of aromatic nitrogens is 4. The Morgan fingerprint density at radius 2 is 2.05 bits per heavy atom. The summed E-state index contributed by atoms with van der Waals surface area (Å²) in [4.78, 5) is 11.7. The number of tetrazole rings is 1. The summed E-state index contributed by atoms with van der Waals surface area (Å²) in [5.74, 6) is 0.721. The van der Waals surface area contributed by atoms with Crippen LogP contribution in [0.15, 0.2) is 30.3 Å². The summed E-state index contributed by atoms with van der Waals surface area (Å²) in [5, 5.41) is 13.6. The topological polar surface area (TPSA) is 80.8 Å². The quantitative estimate of drug-likeness (QED) is 0.573. The van der Waals surface area contributed by atoms with Crippen molar-refractivity contribution in [2.75, 3.05) is 13.2 Å². The van der Waals surface area contributed by atoms with Gasteiger partial charge in [-0.1, -0.05) is 35.5 Å². The maximum atomic E-state index is 11.7. The average molecular weight is 260 g/mol. The number of ether oxygens (including phenoxy) is 1. The molecule has 0 saturated heterocycles. The van der Waals surface area contributed by atoms with Crippen molar-refractivity contribution >= 4 is 5.78 Å². The van der Waals surface area contributed by atoms with Crippen molar-refractivity contribution in [3.8, 4) is 0 Å². The van der Waals surface area contributed by atoms with E-state index < -0.39 is 0 Å². The second-order valence-corrected chi connectivity index (χ2v) is 4.13. The van der Waals surface area contributed by atoms with E-state index in [4.69, 9.17) is 4.74 Å². The van der Waals surface area contributed by atoms with Crippen LogP contribution in [0.1, 0.15) is 29.0 Å². The Bertz CT molecular complexity index is 485. The van der Waals surface area contributed by atoms with E-state index in [1.165, 1.54) is 0 Å². The van der Waals surface area contributed by atoms with Gasteiger partial charge in [-0.05, 0) is 12.8 Å². The monoisotopic (exact) mass is 260 g/mol. The zero-order valence-electron chi connectivity index (χ0n) is 10.6. The van der Waals surface area contributed by atoms with Gasteiger partial charge in [0.1, 0.15) is 6.61 Å². The molecule has 0 unspecified atom stereocenters. The summed E-state index contributed by atoms with van der Waals surface area (Å²) in [6, 6.07) is 9.16. The van der Waals surface area contributed by atoms with E-state index in [-0.39, 0.29) is 12.4 Å². The lowest BCUT2D eigenvalue weighted by Gasteiger charge is -2.03. The average Bonchev–Trinajstić information content (AvgIpc) is 2.96. The van der Waals surface area contributed by atoms with Crippen LogP contribution in [0.4, 0.5) is 0 Å². The van der Waals surface area contributed by atoms with Gasteiger partial charge in [0.25, 0.3) is 0 Å². The number of carbonyl (C=O) groups is 1. The van der Waals surface area contributed by atoms with Crippen molar-refractivity contribution in [3.05, 3.63) is 41.7 Å². The SMILES string of the molecule is O=C(COCCCCc1nn[nH]n1)c1ccccc1. The second kappa shape index (κ2) is 7.38. The van der Waals surface area contributed by atoms with Crippen molar-refractivity contribution < 1.29 is 9.53 Å². The Hall–Kier alpha value is -2.08. The van der Waals surface area contributed by atoms with E-state index >= 15 is 0 Å². The van der Waals surface area contributed by atoms with Crippen LogP contribution in [0.3, 0.4) is 0 Å². The van der Waals surface area contributed by atoms with Gasteiger partial charge in [-0.3, -0.25) is 4.79 Å². The van der Waals surface area contributed by atoms with Gasteiger partial charge < -0.3 is 4.74 Å². The van der Waals surface area contributed by atoms with Gasteiger partial charge in [-0.25, -0.2) is 0 Å². The lowest BCUT2D eigenvalue weighted by Crippen LogP contribution is -2.09. The van der Waals surface area contributed by atoms with E-state index in [1.54, 1.807) is 12.1 Å². The zero-order chi connectivity index (χ0) is 13.3. The van der Waals surface area contributed by atoms with Crippen LogP contribution >= 0.6 is 0 Å². The van der Waals surface area contributed by atoms with Crippen molar-refractivity contribution in [1.29, 1.82) is 0 Å². The lowest BCUT2D eigenvalue weighted by atomic mass is 10.1. The molecular weight excluding hydrogens is 244 g/mol.